The molecule has 0 spiro atoms. The van der Waals surface area contributed by atoms with Gasteiger partial charge in [0.05, 0.1) is 17.9 Å². The predicted octanol–water partition coefficient (Wildman–Crippen LogP) is 3.75. The fourth-order valence-electron chi connectivity index (χ4n) is 4.33. The lowest BCUT2D eigenvalue weighted by Crippen LogP contribution is -2.39. The molecule has 7 nitrogen and oxygen atoms in total. The maximum atomic E-state index is 13.8. The van der Waals surface area contributed by atoms with Crippen molar-refractivity contribution in [1.29, 1.82) is 0 Å². The number of rotatable bonds is 5. The van der Waals surface area contributed by atoms with Gasteiger partial charge in [-0.1, -0.05) is 48.0 Å². The summed E-state index contributed by atoms with van der Waals surface area (Å²) in [5.74, 6) is -1.49. The van der Waals surface area contributed by atoms with Gasteiger partial charge in [0.1, 0.15) is 5.57 Å². The molecule has 0 bridgehead atoms. The van der Waals surface area contributed by atoms with Crippen molar-refractivity contribution in [2.24, 2.45) is 0 Å². The first-order valence-electron chi connectivity index (χ1n) is 11.4. The Hall–Kier alpha value is -4.23. The van der Waals surface area contributed by atoms with Crippen LogP contribution in [0.5, 0.6) is 5.88 Å². The first-order valence-corrected chi connectivity index (χ1v) is 11.8. The van der Waals surface area contributed by atoms with E-state index < -0.39 is 17.7 Å². The van der Waals surface area contributed by atoms with E-state index in [1.54, 1.807) is 48.1 Å². The highest BCUT2D eigenvalue weighted by Crippen LogP contribution is 2.37. The molecule has 0 fully saturated rings. The van der Waals surface area contributed by atoms with E-state index in [0.29, 0.717) is 16.4 Å². The van der Waals surface area contributed by atoms with E-state index >= 15 is 0 Å². The molecule has 0 saturated heterocycles. The number of hydrogen-bond acceptors (Lipinski definition) is 4. The number of pyridine rings is 1. The van der Waals surface area contributed by atoms with Crippen molar-refractivity contribution in [3.8, 4) is 11.6 Å². The van der Waals surface area contributed by atoms with Gasteiger partial charge >= 0.3 is 5.91 Å². The highest BCUT2D eigenvalue weighted by molar-refractivity contribution is 6.44. The molecule has 0 atom stereocenters. The van der Waals surface area contributed by atoms with Gasteiger partial charge in [0.15, 0.2) is 12.4 Å². The molecular weight excluding hydrogens is 476 g/mol. The zero-order chi connectivity index (χ0) is 25.6. The molecule has 3 heterocycles. The summed E-state index contributed by atoms with van der Waals surface area (Å²) in [5.41, 5.74) is 3.88. The van der Waals surface area contributed by atoms with Crippen LogP contribution in [0.4, 0.5) is 0 Å². The number of carbonyl (C=O) groups excluding carboxylic acids is 2. The van der Waals surface area contributed by atoms with Gasteiger partial charge in [0.2, 0.25) is 0 Å². The number of aromatic nitrogens is 3. The predicted molar refractivity (Wildman–Crippen MR) is 134 cm³/mol. The van der Waals surface area contributed by atoms with E-state index in [4.69, 9.17) is 11.6 Å². The number of carbonyl (C=O) groups is 2. The molecule has 2 amide bonds. The van der Waals surface area contributed by atoms with E-state index in [9.17, 15) is 14.7 Å². The molecule has 0 aliphatic carbocycles. The average molecular weight is 499 g/mol. The van der Waals surface area contributed by atoms with Gasteiger partial charge in [0, 0.05) is 22.2 Å². The number of halogens is 1. The Balaban J connectivity index is 1.71. The molecule has 36 heavy (non-hydrogen) atoms. The zero-order valence-electron chi connectivity index (χ0n) is 20.0. The number of nitrogens with zero attached hydrogens (tertiary/aromatic N) is 4. The van der Waals surface area contributed by atoms with E-state index in [-0.39, 0.29) is 23.4 Å². The van der Waals surface area contributed by atoms with Crippen molar-refractivity contribution in [1.82, 2.24) is 14.7 Å². The molecule has 1 aliphatic heterocycles. The summed E-state index contributed by atoms with van der Waals surface area (Å²) in [4.78, 5) is 28.7. The number of benzene rings is 2. The minimum Gasteiger partial charge on any atom is -0.858 e. The summed E-state index contributed by atoms with van der Waals surface area (Å²) in [6.45, 7) is 5.64. The summed E-state index contributed by atoms with van der Waals surface area (Å²) in [7, 11) is 0. The first kappa shape index (κ1) is 23.5. The van der Waals surface area contributed by atoms with Gasteiger partial charge in [-0.2, -0.15) is 9.67 Å². The van der Waals surface area contributed by atoms with Crippen LogP contribution in [0, 0.1) is 20.8 Å². The van der Waals surface area contributed by atoms with Crippen molar-refractivity contribution in [2.45, 2.75) is 27.3 Å². The van der Waals surface area contributed by atoms with Crippen LogP contribution in [-0.2, 0) is 16.1 Å². The lowest BCUT2D eigenvalue weighted by Gasteiger charge is -2.15. The highest BCUT2D eigenvalue weighted by atomic mass is 35.5. The normalized spacial score (nSPS) is 13.7. The van der Waals surface area contributed by atoms with Crippen LogP contribution in [0.15, 0.2) is 73.1 Å². The third kappa shape index (κ3) is 3.97. The van der Waals surface area contributed by atoms with Gasteiger partial charge < -0.3 is 5.11 Å². The zero-order valence-corrected chi connectivity index (χ0v) is 20.8. The minimum absolute atomic E-state index is 0.0416. The molecule has 0 saturated carbocycles. The van der Waals surface area contributed by atoms with Crippen molar-refractivity contribution in [2.75, 3.05) is 0 Å². The molecule has 0 radical (unpaired) electrons. The number of aryl methyl sites for hydroxylation is 3. The topological polar surface area (TPSA) is 82.1 Å². The van der Waals surface area contributed by atoms with Crippen LogP contribution in [0.2, 0.25) is 5.02 Å². The van der Waals surface area contributed by atoms with E-state index in [1.165, 1.54) is 9.58 Å². The van der Waals surface area contributed by atoms with Gasteiger partial charge in [-0.3, -0.25) is 14.5 Å². The average Bonchev–Trinajstić information content (AvgIpc) is 3.28. The molecular formula is C28H23ClN4O3. The van der Waals surface area contributed by atoms with Crippen molar-refractivity contribution < 1.29 is 19.3 Å². The Morgan fingerprint density at radius 1 is 0.944 bits per heavy atom. The van der Waals surface area contributed by atoms with Crippen LogP contribution < -0.4 is 9.67 Å². The fourth-order valence-corrected chi connectivity index (χ4v) is 4.52. The van der Waals surface area contributed by atoms with Crippen molar-refractivity contribution in [3.63, 3.8) is 0 Å². The quantitative estimate of drug-likeness (QED) is 0.310. The Morgan fingerprint density at radius 3 is 2.39 bits per heavy atom. The molecule has 5 rings (SSSR count). The molecule has 1 aliphatic rings. The van der Waals surface area contributed by atoms with E-state index in [1.807, 2.05) is 50.2 Å². The maximum Gasteiger partial charge on any atom is 0.327 e. The SMILES string of the molecule is Cc1cc[n+](C2=C(c3c(C)nn(-c4cccc(Cl)c4)c3[O-])C(=O)N(Cc3ccccc3)C2=O)cc1C. The molecule has 180 valence electrons. The largest absolute Gasteiger partial charge is 0.858 e. The lowest BCUT2D eigenvalue weighted by atomic mass is 10.0. The monoisotopic (exact) mass is 498 g/mol. The first-order chi connectivity index (χ1) is 17.3. The Kier molecular flexibility index (Phi) is 5.94. The third-order valence-corrected chi connectivity index (χ3v) is 6.58. The van der Waals surface area contributed by atoms with Crippen molar-refractivity contribution in [3.05, 3.63) is 106 Å². The summed E-state index contributed by atoms with van der Waals surface area (Å²) >= 11 is 6.13. The third-order valence-electron chi connectivity index (χ3n) is 6.35. The second-order valence-corrected chi connectivity index (χ2v) is 9.22. The molecule has 0 N–H and O–H groups in total. The molecule has 0 unspecified atom stereocenters. The van der Waals surface area contributed by atoms with Gasteiger partial charge in [-0.25, -0.2) is 4.68 Å². The molecule has 2 aromatic heterocycles. The van der Waals surface area contributed by atoms with Crippen LogP contribution in [0.3, 0.4) is 0 Å². The summed E-state index contributed by atoms with van der Waals surface area (Å²) < 4.78 is 2.84. The summed E-state index contributed by atoms with van der Waals surface area (Å²) in [6, 6.07) is 17.9. The molecule has 4 aromatic rings. The second-order valence-electron chi connectivity index (χ2n) is 8.78. The van der Waals surface area contributed by atoms with Crippen molar-refractivity contribution >= 4 is 34.7 Å². The van der Waals surface area contributed by atoms with Gasteiger partial charge in [-0.05, 0) is 56.0 Å². The Morgan fingerprint density at radius 2 is 1.69 bits per heavy atom. The Labute approximate surface area is 213 Å². The van der Waals surface area contributed by atoms with Crippen LogP contribution >= 0.6 is 11.6 Å². The molecule has 2 aromatic carbocycles. The summed E-state index contributed by atoms with van der Waals surface area (Å²) in [5, 5.41) is 18.5. The van der Waals surface area contributed by atoms with Crippen LogP contribution in [0.1, 0.15) is 27.9 Å². The van der Waals surface area contributed by atoms with Crippen LogP contribution in [-0.4, -0.2) is 26.5 Å². The number of hydrogen-bond donors (Lipinski definition) is 0. The molecule has 8 heteroatoms. The minimum atomic E-state index is -0.532. The fraction of sp³-hybridized carbons (Fsp3) is 0.143. The number of imide groups is 1. The van der Waals surface area contributed by atoms with E-state index in [2.05, 4.69) is 5.10 Å². The smallest absolute Gasteiger partial charge is 0.327 e. The van der Waals surface area contributed by atoms with E-state index in [0.717, 1.165) is 16.7 Å². The van der Waals surface area contributed by atoms with Gasteiger partial charge in [0.25, 0.3) is 11.6 Å². The van der Waals surface area contributed by atoms with Gasteiger partial charge in [-0.15, -0.1) is 0 Å². The highest BCUT2D eigenvalue weighted by Gasteiger charge is 2.46. The number of amides is 2. The lowest BCUT2D eigenvalue weighted by molar-refractivity contribution is -0.577. The van der Waals surface area contributed by atoms with Crippen LogP contribution in [0.25, 0.3) is 17.0 Å². The second kappa shape index (κ2) is 9.09. The summed E-state index contributed by atoms with van der Waals surface area (Å²) in [6.07, 6.45) is 3.53. The Bertz CT molecular complexity index is 1560. The maximum absolute atomic E-state index is 13.8. The standard InChI is InChI=1S/C28H23ClN4O3/c1-17-12-13-31(15-18(17)2)25-24(26(34)32(28(25)36)16-20-8-5-4-6-9-20)23-19(3)30-33(27(23)35)22-11-7-10-21(29)14-22/h4-15H,16H2,1-3H3.